The van der Waals surface area contributed by atoms with Crippen molar-refractivity contribution in [2.75, 3.05) is 0 Å². The molecule has 0 aromatic heterocycles. The van der Waals surface area contributed by atoms with Crippen LogP contribution in [-0.4, -0.2) is 21.1 Å². The molecule has 0 aromatic carbocycles. The molecular formula is H8N4O8Pt. The predicted molar refractivity (Wildman–Crippen MR) is 38.5 cm³/mol. The van der Waals surface area contributed by atoms with Gasteiger partial charge in [0.1, 0.15) is 0 Å². The summed E-state index contributed by atoms with van der Waals surface area (Å²) in [6, 6.07) is 0. The number of nitrogens with two attached hydrogens (primary N) is 2. The minimum absolute atomic E-state index is 0. The maximum absolute atomic E-state index is 8.25. The maximum atomic E-state index is 8.25. The van der Waals surface area contributed by atoms with Gasteiger partial charge in [0.2, 0.25) is 0 Å². The van der Waals surface area contributed by atoms with Gasteiger partial charge in [-0.3, -0.25) is 0 Å². The van der Waals surface area contributed by atoms with Gasteiger partial charge in [0, 0.05) is 0 Å². The molecule has 0 heterocycles. The third-order valence-corrected chi connectivity index (χ3v) is 0. The summed E-state index contributed by atoms with van der Waals surface area (Å²) in [6.07, 6.45) is 0. The Hall–Kier alpha value is -1.07. The van der Waals surface area contributed by atoms with E-state index in [0.29, 0.717) is 0 Å². The molecule has 0 atom stereocenters. The number of hydrogen-bond donors (Lipinski definition) is 0. The monoisotopic (exact) mass is 387 g/mol. The molecule has 0 bridgehead atoms. The van der Waals surface area contributed by atoms with E-state index >= 15 is 0 Å². The van der Waals surface area contributed by atoms with E-state index in [1.165, 1.54) is 0 Å². The van der Waals surface area contributed by atoms with E-state index in [4.69, 9.17) is 30.6 Å². The first-order valence-corrected chi connectivity index (χ1v) is 1.10. The van der Waals surface area contributed by atoms with E-state index in [1.54, 1.807) is 0 Å². The van der Waals surface area contributed by atoms with Crippen molar-refractivity contribution in [1.82, 2.24) is 0 Å². The van der Waals surface area contributed by atoms with Crippen LogP contribution in [0, 0.1) is 30.6 Å². The molecule has 0 spiro atoms. The standard InChI is InChI=1S/2NO3.2H2N.2H2O.Pt/c2*2-1(3)4;;;;;/h;;4*1H2;/q4*-1;;;+4. The normalized spacial score (nSPS) is 3.69. The van der Waals surface area contributed by atoms with Crippen LogP contribution in [0.2, 0.25) is 0 Å². The summed E-state index contributed by atoms with van der Waals surface area (Å²) in [5, 5.41) is 29.5. The Balaban J connectivity index is -0.00000000800. The molecule has 13 heavy (non-hydrogen) atoms. The first-order chi connectivity index (χ1) is 3.46. The van der Waals surface area contributed by atoms with E-state index in [-0.39, 0.29) is 44.3 Å². The second-order valence-electron chi connectivity index (χ2n) is 0.447. The molecule has 0 rings (SSSR count). The molecule has 0 radical (unpaired) electrons. The fourth-order valence-corrected chi connectivity index (χ4v) is 0. The summed E-state index contributed by atoms with van der Waals surface area (Å²) in [5.41, 5.74) is 0. The molecule has 13 heteroatoms. The predicted octanol–water partition coefficient (Wildman–Crippen LogP) is -0.696. The van der Waals surface area contributed by atoms with Gasteiger partial charge in [0.05, 0.1) is 10.2 Å². The van der Waals surface area contributed by atoms with Crippen molar-refractivity contribution < 1.29 is 42.2 Å². The average Bonchev–Trinajstić information content (AvgIpc) is 1.25. The Morgan fingerprint density at radius 3 is 0.692 bits per heavy atom. The van der Waals surface area contributed by atoms with Gasteiger partial charge in [-0.15, -0.1) is 0 Å². The van der Waals surface area contributed by atoms with Crippen LogP contribution in [0.15, 0.2) is 0 Å². The summed E-state index contributed by atoms with van der Waals surface area (Å²) < 4.78 is 0. The molecule has 0 aliphatic carbocycles. The van der Waals surface area contributed by atoms with Crippen molar-refractivity contribution in [3.63, 3.8) is 0 Å². The first kappa shape index (κ1) is 58.7. The van der Waals surface area contributed by atoms with Crippen LogP contribution < -0.4 is 0 Å². The van der Waals surface area contributed by atoms with Crippen molar-refractivity contribution >= 4 is 0 Å². The van der Waals surface area contributed by atoms with E-state index in [0.717, 1.165) is 0 Å². The molecule has 0 saturated heterocycles. The minimum Gasteiger partial charge on any atom is -0.693 e. The van der Waals surface area contributed by atoms with Crippen molar-refractivity contribution in [3.8, 4) is 0 Å². The Bertz CT molecular complexity index is 74.1. The summed E-state index contributed by atoms with van der Waals surface area (Å²) in [7, 11) is 0. The van der Waals surface area contributed by atoms with Crippen LogP contribution in [0.4, 0.5) is 0 Å². The van der Waals surface area contributed by atoms with Gasteiger partial charge in [0.25, 0.3) is 0 Å². The van der Waals surface area contributed by atoms with Crippen LogP contribution in [-0.2, 0) is 21.1 Å². The molecule has 8 N–H and O–H groups in total. The number of hydrogen-bond acceptors (Lipinski definition) is 6. The van der Waals surface area contributed by atoms with Gasteiger partial charge >= 0.3 is 21.1 Å². The van der Waals surface area contributed by atoms with Crippen molar-refractivity contribution in [2.24, 2.45) is 0 Å². The molecule has 86 valence electrons. The minimum atomic E-state index is -1.75. The van der Waals surface area contributed by atoms with E-state index in [9.17, 15) is 0 Å². The molecule has 0 saturated carbocycles. The zero-order valence-electron chi connectivity index (χ0n) is 5.81. The summed E-state index contributed by atoms with van der Waals surface area (Å²) in [4.78, 5) is 16.5. The van der Waals surface area contributed by atoms with Gasteiger partial charge in [-0.2, -0.15) is 0 Å². The molecule has 12 nitrogen and oxygen atoms in total. The van der Waals surface area contributed by atoms with Crippen LogP contribution in [0.1, 0.15) is 0 Å². The van der Waals surface area contributed by atoms with Crippen molar-refractivity contribution in [1.29, 1.82) is 0 Å². The van der Waals surface area contributed by atoms with Gasteiger partial charge in [-0.1, -0.05) is 0 Å². The molecule has 0 unspecified atom stereocenters. The topological polar surface area (TPSA) is 262 Å². The fourth-order valence-electron chi connectivity index (χ4n) is 0. The SMILES string of the molecule is O.O.O=[N+]([O-])[O-].O=[N+]([O-])[O-].[NH2-].[NH2-].[Pt+4]. The fraction of sp³-hybridized carbons (Fsp3) is 0. The van der Waals surface area contributed by atoms with Crippen LogP contribution in [0.5, 0.6) is 0 Å². The second-order valence-corrected chi connectivity index (χ2v) is 0.447. The molecule has 0 amide bonds. The van der Waals surface area contributed by atoms with E-state index < -0.39 is 10.2 Å². The largest absolute Gasteiger partial charge is 4.00 e. The van der Waals surface area contributed by atoms with Crippen molar-refractivity contribution in [3.05, 3.63) is 42.9 Å². The Kier molecular flexibility index (Phi) is 200. The smallest absolute Gasteiger partial charge is 0.693 e. The second kappa shape index (κ2) is 44.4. The molecular weight excluding hydrogens is 379 g/mol. The third-order valence-electron chi connectivity index (χ3n) is 0. The van der Waals surface area contributed by atoms with Gasteiger partial charge in [-0.05, 0) is 0 Å². The van der Waals surface area contributed by atoms with Crippen LogP contribution >= 0.6 is 0 Å². The quantitative estimate of drug-likeness (QED) is 0.382. The first-order valence-electron chi connectivity index (χ1n) is 1.10. The molecule has 0 aromatic rings. The third kappa shape index (κ3) is 758. The molecule has 0 aliphatic rings. The van der Waals surface area contributed by atoms with Crippen LogP contribution in [0.25, 0.3) is 12.3 Å². The zero-order chi connectivity index (χ0) is 7.15. The van der Waals surface area contributed by atoms with Gasteiger partial charge < -0.3 is 53.9 Å². The van der Waals surface area contributed by atoms with Crippen molar-refractivity contribution in [2.45, 2.75) is 0 Å². The molecule has 0 fully saturated rings. The Labute approximate surface area is 85.8 Å². The summed E-state index contributed by atoms with van der Waals surface area (Å²) >= 11 is 0. The molecule has 0 aliphatic heterocycles. The Morgan fingerprint density at radius 1 is 0.692 bits per heavy atom. The summed E-state index contributed by atoms with van der Waals surface area (Å²) in [5.74, 6) is 0. The summed E-state index contributed by atoms with van der Waals surface area (Å²) in [6.45, 7) is 0. The van der Waals surface area contributed by atoms with E-state index in [1.807, 2.05) is 0 Å². The Morgan fingerprint density at radius 2 is 0.692 bits per heavy atom. The van der Waals surface area contributed by atoms with E-state index in [2.05, 4.69) is 0 Å². The number of rotatable bonds is 0. The van der Waals surface area contributed by atoms with Gasteiger partial charge in [0.15, 0.2) is 0 Å². The van der Waals surface area contributed by atoms with Gasteiger partial charge in [-0.25, -0.2) is 0 Å². The average molecular weight is 387 g/mol. The number of nitrogens with zero attached hydrogens (tertiary/aromatic N) is 2. The van der Waals surface area contributed by atoms with Crippen LogP contribution in [0.3, 0.4) is 0 Å². The maximum Gasteiger partial charge on any atom is 4.00 e. The zero-order valence-corrected chi connectivity index (χ0v) is 8.09.